The Kier molecular flexibility index (Phi) is 5.49. The van der Waals surface area contributed by atoms with Crippen molar-refractivity contribution >= 4 is 22.6 Å². The molecule has 1 fully saturated rings. The zero-order chi connectivity index (χ0) is 24.6. The lowest BCUT2D eigenvalue weighted by molar-refractivity contribution is 0.290. The molecule has 1 atom stereocenters. The minimum Gasteiger partial charge on any atom is -0.496 e. The molecule has 2 aromatic carbocycles. The van der Waals surface area contributed by atoms with Crippen molar-refractivity contribution in [3.63, 3.8) is 0 Å². The Balaban J connectivity index is 1.26. The zero-order valence-corrected chi connectivity index (χ0v) is 20.1. The van der Waals surface area contributed by atoms with Crippen molar-refractivity contribution in [2.75, 3.05) is 32.3 Å². The van der Waals surface area contributed by atoms with Gasteiger partial charge in [-0.25, -0.2) is 9.66 Å². The van der Waals surface area contributed by atoms with Crippen molar-refractivity contribution < 1.29 is 18.6 Å². The van der Waals surface area contributed by atoms with E-state index >= 15 is 0 Å². The van der Waals surface area contributed by atoms with Gasteiger partial charge in [0.05, 0.1) is 49.9 Å². The molecular formula is C27H25N5O4. The van der Waals surface area contributed by atoms with Gasteiger partial charge in [-0.05, 0) is 43.2 Å². The highest BCUT2D eigenvalue weighted by Gasteiger charge is 2.26. The molecule has 0 aliphatic carbocycles. The molecule has 6 rings (SSSR count). The third kappa shape index (κ3) is 3.90. The smallest absolute Gasteiger partial charge is 0.214 e. The number of methoxy groups -OCH3 is 2. The van der Waals surface area contributed by atoms with Crippen LogP contribution in [0.3, 0.4) is 0 Å². The second kappa shape index (κ2) is 8.96. The molecule has 36 heavy (non-hydrogen) atoms. The fourth-order valence-electron chi connectivity index (χ4n) is 4.85. The summed E-state index contributed by atoms with van der Waals surface area (Å²) in [5.41, 5.74) is 3.14. The molecular weight excluding hydrogens is 458 g/mol. The van der Waals surface area contributed by atoms with Crippen LogP contribution in [0.4, 0.5) is 5.69 Å². The molecule has 2 aliphatic rings. The number of benzene rings is 2. The summed E-state index contributed by atoms with van der Waals surface area (Å²) in [4.78, 5) is 7.02. The van der Waals surface area contributed by atoms with Crippen LogP contribution >= 0.6 is 0 Å². The van der Waals surface area contributed by atoms with E-state index in [-0.39, 0.29) is 6.04 Å². The van der Waals surface area contributed by atoms with Gasteiger partial charge in [0.2, 0.25) is 5.90 Å². The van der Waals surface area contributed by atoms with E-state index in [9.17, 15) is 0 Å². The number of nitrogens with zero attached hydrogens (tertiary/aromatic N) is 5. The van der Waals surface area contributed by atoms with Crippen molar-refractivity contribution in [3.05, 3.63) is 60.0 Å². The van der Waals surface area contributed by atoms with Crippen molar-refractivity contribution in [2.24, 2.45) is 5.10 Å². The lowest BCUT2D eigenvalue weighted by atomic mass is 10.2. The standard InChI is InChI=1S/C27H25N5O4/c1-33-20-10-23(35-16-19-4-3-9-31(19)18-7-5-17(14-28)6-8-18)21-12-25(36-24(21)11-20)22-15-32-26(29-22)13-27(30-32)34-2/h5-8,10-12,15,19H,3-4,9,13,16H2,1-2H3/t19-/m1/s1. The van der Waals surface area contributed by atoms with Crippen molar-refractivity contribution in [1.29, 1.82) is 5.26 Å². The molecule has 0 radical (unpaired) electrons. The van der Waals surface area contributed by atoms with Gasteiger partial charge >= 0.3 is 0 Å². The van der Waals surface area contributed by atoms with Gasteiger partial charge in [0.1, 0.15) is 35.2 Å². The first kappa shape index (κ1) is 22.0. The lowest BCUT2D eigenvalue weighted by Gasteiger charge is -2.27. The molecule has 0 unspecified atom stereocenters. The first-order valence-electron chi connectivity index (χ1n) is 11.9. The molecule has 0 spiro atoms. The molecule has 9 nitrogen and oxygen atoms in total. The van der Waals surface area contributed by atoms with Crippen LogP contribution < -0.4 is 14.4 Å². The van der Waals surface area contributed by atoms with Gasteiger partial charge in [-0.1, -0.05) is 0 Å². The topological polar surface area (TPSA) is 98.0 Å². The second-order valence-electron chi connectivity index (χ2n) is 8.87. The molecule has 2 aromatic heterocycles. The first-order valence-corrected chi connectivity index (χ1v) is 11.9. The first-order chi connectivity index (χ1) is 17.6. The Labute approximate surface area is 208 Å². The average molecular weight is 484 g/mol. The van der Waals surface area contributed by atoms with Crippen LogP contribution in [0.2, 0.25) is 0 Å². The number of rotatable bonds is 6. The highest BCUT2D eigenvalue weighted by atomic mass is 16.5. The fraction of sp³-hybridized carbons (Fsp3) is 0.296. The van der Waals surface area contributed by atoms with Crippen LogP contribution in [0.15, 0.2) is 58.2 Å². The molecule has 9 heteroatoms. The Morgan fingerprint density at radius 2 is 2.00 bits per heavy atom. The Morgan fingerprint density at radius 3 is 2.75 bits per heavy atom. The van der Waals surface area contributed by atoms with Gasteiger partial charge in [0.15, 0.2) is 5.76 Å². The zero-order valence-electron chi connectivity index (χ0n) is 20.1. The van der Waals surface area contributed by atoms with Crippen LogP contribution in [0, 0.1) is 11.3 Å². The van der Waals surface area contributed by atoms with Crippen LogP contribution in [-0.4, -0.2) is 49.0 Å². The molecule has 2 aliphatic heterocycles. The Hall–Kier alpha value is -4.45. The van der Waals surface area contributed by atoms with Gasteiger partial charge in [0, 0.05) is 24.4 Å². The van der Waals surface area contributed by atoms with E-state index in [2.05, 4.69) is 21.1 Å². The minimum absolute atomic E-state index is 0.231. The van der Waals surface area contributed by atoms with Gasteiger partial charge in [-0.3, -0.25) is 0 Å². The monoisotopic (exact) mass is 483 g/mol. The number of anilines is 1. The van der Waals surface area contributed by atoms with Crippen molar-refractivity contribution in [2.45, 2.75) is 25.3 Å². The predicted molar refractivity (Wildman–Crippen MR) is 135 cm³/mol. The number of imidazole rings is 1. The maximum atomic E-state index is 9.09. The van der Waals surface area contributed by atoms with Crippen LogP contribution in [0.25, 0.3) is 22.4 Å². The molecule has 0 bridgehead atoms. The molecule has 182 valence electrons. The van der Waals surface area contributed by atoms with E-state index in [0.717, 1.165) is 36.3 Å². The molecule has 4 heterocycles. The molecule has 0 amide bonds. The Bertz CT molecular complexity index is 1500. The number of nitriles is 1. The molecule has 0 N–H and O–H groups in total. The van der Waals surface area contributed by atoms with Crippen LogP contribution in [0.1, 0.15) is 24.2 Å². The SMILES string of the molecule is COC1=Nn2cc(-c3cc4c(OC[C@H]5CCCN5c5ccc(C#N)cc5)cc(OC)cc4o3)nc2C1. The van der Waals surface area contributed by atoms with E-state index in [1.165, 1.54) is 0 Å². The van der Waals surface area contributed by atoms with E-state index in [0.29, 0.717) is 53.0 Å². The van der Waals surface area contributed by atoms with E-state index < -0.39 is 0 Å². The summed E-state index contributed by atoms with van der Waals surface area (Å²) < 4.78 is 25.0. The second-order valence-corrected chi connectivity index (χ2v) is 8.87. The summed E-state index contributed by atoms with van der Waals surface area (Å²) in [6, 6.07) is 15.8. The number of aromatic nitrogens is 2. The van der Waals surface area contributed by atoms with Crippen LogP contribution in [-0.2, 0) is 11.2 Å². The summed E-state index contributed by atoms with van der Waals surface area (Å²) >= 11 is 0. The number of fused-ring (bicyclic) bond motifs is 2. The van der Waals surface area contributed by atoms with Gasteiger partial charge in [0.25, 0.3) is 0 Å². The summed E-state index contributed by atoms with van der Waals surface area (Å²) in [5.74, 6) is 3.45. The number of hydrogen-bond donors (Lipinski definition) is 0. The summed E-state index contributed by atoms with van der Waals surface area (Å²) in [5, 5.41) is 14.3. The maximum absolute atomic E-state index is 9.09. The van der Waals surface area contributed by atoms with Gasteiger partial charge in [-0.15, -0.1) is 5.10 Å². The van der Waals surface area contributed by atoms with E-state index in [1.807, 2.05) is 48.7 Å². The molecule has 4 aromatic rings. The number of furan rings is 1. The summed E-state index contributed by atoms with van der Waals surface area (Å²) in [6.07, 6.45) is 4.52. The van der Waals surface area contributed by atoms with Crippen LogP contribution in [0.5, 0.6) is 11.5 Å². The van der Waals surface area contributed by atoms with E-state index in [1.54, 1.807) is 18.9 Å². The number of ether oxygens (including phenoxy) is 3. The summed E-state index contributed by atoms with van der Waals surface area (Å²) in [7, 11) is 3.24. The average Bonchev–Trinajstić information content (AvgIpc) is 3.69. The fourth-order valence-corrected chi connectivity index (χ4v) is 4.85. The van der Waals surface area contributed by atoms with Gasteiger partial charge in [-0.2, -0.15) is 5.26 Å². The van der Waals surface area contributed by atoms with E-state index in [4.69, 9.17) is 23.9 Å². The largest absolute Gasteiger partial charge is 0.496 e. The quantitative estimate of drug-likeness (QED) is 0.396. The lowest BCUT2D eigenvalue weighted by Crippen LogP contribution is -2.34. The molecule has 0 saturated carbocycles. The third-order valence-corrected chi connectivity index (χ3v) is 6.72. The minimum atomic E-state index is 0.231. The highest BCUT2D eigenvalue weighted by Crippen LogP contribution is 2.37. The van der Waals surface area contributed by atoms with Crippen molar-refractivity contribution in [1.82, 2.24) is 9.66 Å². The Morgan fingerprint density at radius 1 is 1.14 bits per heavy atom. The number of hydrogen-bond acceptors (Lipinski definition) is 8. The third-order valence-electron chi connectivity index (χ3n) is 6.72. The highest BCUT2D eigenvalue weighted by molar-refractivity contribution is 5.89. The normalized spacial score (nSPS) is 16.6. The maximum Gasteiger partial charge on any atom is 0.214 e. The van der Waals surface area contributed by atoms with Gasteiger partial charge < -0.3 is 23.5 Å². The predicted octanol–water partition coefficient (Wildman–Crippen LogP) is 4.59. The van der Waals surface area contributed by atoms with Crippen molar-refractivity contribution in [3.8, 4) is 29.0 Å². The molecule has 1 saturated heterocycles. The summed E-state index contributed by atoms with van der Waals surface area (Å²) in [6.45, 7) is 1.48.